The highest BCUT2D eigenvalue weighted by Gasteiger charge is 2.05. The van der Waals surface area contributed by atoms with E-state index >= 15 is 0 Å². The Hall–Kier alpha value is -1.79. The summed E-state index contributed by atoms with van der Waals surface area (Å²) in [4.78, 5) is 11.6. The molecule has 0 heterocycles. The van der Waals surface area contributed by atoms with Crippen LogP contribution in [0.3, 0.4) is 0 Å². The van der Waals surface area contributed by atoms with Gasteiger partial charge in [-0.1, -0.05) is 43.9 Å². The van der Waals surface area contributed by atoms with Crippen LogP contribution in [0.2, 0.25) is 0 Å². The highest BCUT2D eigenvalue weighted by molar-refractivity contribution is 5.76. The van der Waals surface area contributed by atoms with Crippen molar-refractivity contribution in [2.75, 3.05) is 6.61 Å². The van der Waals surface area contributed by atoms with Gasteiger partial charge in [-0.15, -0.1) is 0 Å². The first-order valence-corrected chi connectivity index (χ1v) is 6.07. The number of aliphatic hydroxyl groups is 1. The van der Waals surface area contributed by atoms with Crippen LogP contribution in [0.1, 0.15) is 31.4 Å². The molecule has 2 N–H and O–H groups in total. The number of hydrogen-bond donors (Lipinski definition) is 2. The van der Waals surface area contributed by atoms with Gasteiger partial charge < -0.3 is 10.4 Å². The van der Waals surface area contributed by atoms with E-state index in [0.717, 1.165) is 11.1 Å². The molecule has 0 aromatic heterocycles. The standard InChI is InChI=1S/C15H19NO2/c1-12(2)10-15(18)16-11-14-7-4-3-6-13(14)8-5-9-17/h3-4,6-7,12,17H,9-11H2,1-2H3,(H,16,18). The second kappa shape index (κ2) is 7.52. The maximum atomic E-state index is 11.6. The van der Waals surface area contributed by atoms with Crippen molar-refractivity contribution in [1.29, 1.82) is 0 Å². The van der Waals surface area contributed by atoms with Gasteiger partial charge in [-0.05, 0) is 17.5 Å². The predicted molar refractivity (Wildman–Crippen MR) is 71.7 cm³/mol. The number of hydrogen-bond acceptors (Lipinski definition) is 2. The molecule has 96 valence electrons. The van der Waals surface area contributed by atoms with E-state index in [1.54, 1.807) is 0 Å². The van der Waals surface area contributed by atoms with E-state index in [0.29, 0.717) is 18.9 Å². The Morgan fingerprint density at radius 2 is 2.11 bits per heavy atom. The quantitative estimate of drug-likeness (QED) is 0.793. The number of amides is 1. The molecule has 3 heteroatoms. The predicted octanol–water partition coefficient (Wildman–Crippen LogP) is 1.69. The molecule has 18 heavy (non-hydrogen) atoms. The lowest BCUT2D eigenvalue weighted by Crippen LogP contribution is -2.24. The fraction of sp³-hybridized carbons (Fsp3) is 0.400. The van der Waals surface area contributed by atoms with Gasteiger partial charge in [0, 0.05) is 18.5 Å². The van der Waals surface area contributed by atoms with Crippen molar-refractivity contribution in [3.8, 4) is 11.8 Å². The van der Waals surface area contributed by atoms with E-state index in [4.69, 9.17) is 5.11 Å². The van der Waals surface area contributed by atoms with E-state index < -0.39 is 0 Å². The van der Waals surface area contributed by atoms with E-state index in [1.165, 1.54) is 0 Å². The van der Waals surface area contributed by atoms with Crippen LogP contribution >= 0.6 is 0 Å². The van der Waals surface area contributed by atoms with Crippen LogP contribution in [0.5, 0.6) is 0 Å². The Balaban J connectivity index is 2.64. The molecule has 3 nitrogen and oxygen atoms in total. The molecule has 0 saturated heterocycles. The lowest BCUT2D eigenvalue weighted by molar-refractivity contribution is -0.121. The lowest BCUT2D eigenvalue weighted by Gasteiger charge is -2.08. The molecule has 1 aromatic carbocycles. The van der Waals surface area contributed by atoms with Crippen molar-refractivity contribution in [3.05, 3.63) is 35.4 Å². The zero-order chi connectivity index (χ0) is 13.4. The molecule has 0 radical (unpaired) electrons. The van der Waals surface area contributed by atoms with Crippen LogP contribution in [0.4, 0.5) is 0 Å². The Bertz CT molecular complexity index is 455. The Morgan fingerprint density at radius 1 is 1.39 bits per heavy atom. The summed E-state index contributed by atoms with van der Waals surface area (Å²) in [6.45, 7) is 4.34. The number of carbonyl (C=O) groups is 1. The van der Waals surface area contributed by atoms with Crippen LogP contribution in [0.25, 0.3) is 0 Å². The minimum absolute atomic E-state index is 0.0509. The maximum absolute atomic E-state index is 11.6. The van der Waals surface area contributed by atoms with Crippen molar-refractivity contribution in [1.82, 2.24) is 5.32 Å². The number of nitrogens with one attached hydrogen (secondary N) is 1. The van der Waals surface area contributed by atoms with Gasteiger partial charge in [0.15, 0.2) is 0 Å². The van der Waals surface area contributed by atoms with E-state index in [9.17, 15) is 4.79 Å². The van der Waals surface area contributed by atoms with Crippen LogP contribution in [0, 0.1) is 17.8 Å². The van der Waals surface area contributed by atoms with Crippen LogP contribution in [-0.4, -0.2) is 17.6 Å². The molecule has 1 rings (SSSR count). The van der Waals surface area contributed by atoms with Crippen molar-refractivity contribution < 1.29 is 9.90 Å². The minimum Gasteiger partial charge on any atom is -0.384 e. The zero-order valence-electron chi connectivity index (χ0n) is 10.9. The summed E-state index contributed by atoms with van der Waals surface area (Å²) >= 11 is 0. The van der Waals surface area contributed by atoms with Crippen molar-refractivity contribution in [3.63, 3.8) is 0 Å². The summed E-state index contributed by atoms with van der Waals surface area (Å²) in [5.74, 6) is 5.90. The van der Waals surface area contributed by atoms with Gasteiger partial charge in [-0.2, -0.15) is 0 Å². The third kappa shape index (κ3) is 5.03. The Morgan fingerprint density at radius 3 is 2.78 bits per heavy atom. The molecule has 0 aliphatic heterocycles. The fourth-order valence-corrected chi connectivity index (χ4v) is 1.57. The molecular formula is C15H19NO2. The summed E-state index contributed by atoms with van der Waals surface area (Å²) < 4.78 is 0. The van der Waals surface area contributed by atoms with E-state index in [2.05, 4.69) is 17.2 Å². The largest absolute Gasteiger partial charge is 0.384 e. The van der Waals surface area contributed by atoms with Gasteiger partial charge in [0.1, 0.15) is 6.61 Å². The van der Waals surface area contributed by atoms with Gasteiger partial charge in [0.05, 0.1) is 0 Å². The molecule has 0 fully saturated rings. The highest BCUT2D eigenvalue weighted by atomic mass is 16.2. The second-order valence-electron chi connectivity index (χ2n) is 4.49. The monoisotopic (exact) mass is 245 g/mol. The van der Waals surface area contributed by atoms with Crippen molar-refractivity contribution >= 4 is 5.91 Å². The van der Waals surface area contributed by atoms with E-state index in [-0.39, 0.29) is 12.5 Å². The highest BCUT2D eigenvalue weighted by Crippen LogP contribution is 2.07. The van der Waals surface area contributed by atoms with Gasteiger partial charge in [0.25, 0.3) is 0 Å². The number of benzene rings is 1. The molecule has 0 atom stereocenters. The van der Waals surface area contributed by atoms with Gasteiger partial charge in [-0.25, -0.2) is 0 Å². The summed E-state index contributed by atoms with van der Waals surface area (Å²) in [6, 6.07) is 7.61. The molecule has 1 aromatic rings. The first-order valence-electron chi connectivity index (χ1n) is 6.07. The van der Waals surface area contributed by atoms with E-state index in [1.807, 2.05) is 38.1 Å². The van der Waals surface area contributed by atoms with Crippen LogP contribution in [-0.2, 0) is 11.3 Å². The molecule has 0 bridgehead atoms. The third-order valence-electron chi connectivity index (χ3n) is 2.39. The van der Waals surface area contributed by atoms with Crippen molar-refractivity contribution in [2.24, 2.45) is 5.92 Å². The first-order chi connectivity index (χ1) is 8.63. The molecule has 0 saturated carbocycles. The first kappa shape index (κ1) is 14.3. The molecule has 0 unspecified atom stereocenters. The lowest BCUT2D eigenvalue weighted by atomic mass is 10.1. The van der Waals surface area contributed by atoms with Gasteiger partial charge in [0.2, 0.25) is 5.91 Å². The normalized spacial score (nSPS) is 9.78. The van der Waals surface area contributed by atoms with Crippen LogP contribution in [0.15, 0.2) is 24.3 Å². The number of carbonyl (C=O) groups excluding carboxylic acids is 1. The molecule has 0 spiro atoms. The number of rotatable bonds is 4. The van der Waals surface area contributed by atoms with Crippen molar-refractivity contribution in [2.45, 2.75) is 26.8 Å². The maximum Gasteiger partial charge on any atom is 0.220 e. The topological polar surface area (TPSA) is 49.3 Å². The van der Waals surface area contributed by atoms with Gasteiger partial charge in [-0.3, -0.25) is 4.79 Å². The second-order valence-corrected chi connectivity index (χ2v) is 4.49. The zero-order valence-corrected chi connectivity index (χ0v) is 10.9. The summed E-state index contributed by atoms with van der Waals surface area (Å²) in [6.07, 6.45) is 0.532. The number of aliphatic hydroxyl groups excluding tert-OH is 1. The Labute approximate surface area is 108 Å². The third-order valence-corrected chi connectivity index (χ3v) is 2.39. The fourth-order valence-electron chi connectivity index (χ4n) is 1.57. The average Bonchev–Trinajstić information content (AvgIpc) is 2.34. The average molecular weight is 245 g/mol. The molecular weight excluding hydrogens is 226 g/mol. The Kier molecular flexibility index (Phi) is 5.96. The minimum atomic E-state index is -0.159. The molecule has 0 aliphatic rings. The van der Waals surface area contributed by atoms with Crippen LogP contribution < -0.4 is 5.32 Å². The van der Waals surface area contributed by atoms with Gasteiger partial charge >= 0.3 is 0 Å². The summed E-state index contributed by atoms with van der Waals surface area (Å²) in [5, 5.41) is 11.6. The smallest absolute Gasteiger partial charge is 0.220 e. The molecule has 1 amide bonds. The summed E-state index contributed by atoms with van der Waals surface area (Å²) in [7, 11) is 0. The SMILES string of the molecule is CC(C)CC(=O)NCc1ccccc1C#CCO. The summed E-state index contributed by atoms with van der Waals surface area (Å²) in [5.41, 5.74) is 1.81. The molecule has 0 aliphatic carbocycles.